The Labute approximate surface area is 137 Å². The van der Waals surface area contributed by atoms with Crippen molar-refractivity contribution in [1.82, 2.24) is 15.2 Å². The van der Waals surface area contributed by atoms with Crippen LogP contribution in [0.1, 0.15) is 12.8 Å². The summed E-state index contributed by atoms with van der Waals surface area (Å²) in [5.41, 5.74) is 1.54. The van der Waals surface area contributed by atoms with Gasteiger partial charge in [-0.1, -0.05) is 12.1 Å². The van der Waals surface area contributed by atoms with Crippen molar-refractivity contribution >= 4 is 23.1 Å². The molecule has 0 atom stereocenters. The van der Waals surface area contributed by atoms with Gasteiger partial charge in [0.2, 0.25) is 0 Å². The van der Waals surface area contributed by atoms with Crippen molar-refractivity contribution < 1.29 is 18.0 Å². The lowest BCUT2D eigenvalue weighted by Crippen LogP contribution is -2.57. The molecule has 1 saturated carbocycles. The van der Waals surface area contributed by atoms with Crippen LogP contribution >= 0.6 is 0 Å². The summed E-state index contributed by atoms with van der Waals surface area (Å²) in [6.07, 6.45) is -0.525. The maximum atomic E-state index is 12.8. The average molecular weight is 336 g/mol. The van der Waals surface area contributed by atoms with Crippen LogP contribution in [-0.2, 0) is 0 Å². The molecule has 1 aliphatic heterocycles. The quantitative estimate of drug-likeness (QED) is 0.915. The Bertz CT molecular complexity index is 714. The number of nitrogens with one attached hydrogen (secondary N) is 1. The summed E-state index contributed by atoms with van der Waals surface area (Å²) < 4.78 is 31.4. The molecule has 2 aliphatic rings. The van der Waals surface area contributed by atoms with Gasteiger partial charge in [-0.15, -0.1) is 0 Å². The van der Waals surface area contributed by atoms with E-state index in [4.69, 9.17) is 4.42 Å². The second-order valence-electron chi connectivity index (χ2n) is 6.35. The first-order valence-electron chi connectivity index (χ1n) is 8.04. The normalized spacial score (nSPS) is 20.9. The number of piperazine rings is 1. The number of oxazole rings is 1. The van der Waals surface area contributed by atoms with E-state index in [2.05, 4.69) is 10.3 Å². The van der Waals surface area contributed by atoms with Crippen LogP contribution in [0.25, 0.3) is 11.1 Å². The number of hydrogen-bond acceptors (Lipinski definition) is 4. The Morgan fingerprint density at radius 2 is 1.92 bits per heavy atom. The van der Waals surface area contributed by atoms with Gasteiger partial charge in [-0.3, -0.25) is 0 Å². The lowest BCUT2D eigenvalue weighted by molar-refractivity contribution is -0.0902. The third-order valence-electron chi connectivity index (χ3n) is 4.54. The first-order valence-corrected chi connectivity index (χ1v) is 8.04. The summed E-state index contributed by atoms with van der Waals surface area (Å²) in [7, 11) is 0. The van der Waals surface area contributed by atoms with Crippen LogP contribution in [0.5, 0.6) is 0 Å². The minimum Gasteiger partial charge on any atom is -0.423 e. The van der Waals surface area contributed by atoms with E-state index in [-0.39, 0.29) is 18.9 Å². The molecule has 1 N–H and O–H groups in total. The number of amides is 2. The summed E-state index contributed by atoms with van der Waals surface area (Å²) >= 11 is 0. The van der Waals surface area contributed by atoms with Gasteiger partial charge < -0.3 is 19.5 Å². The molecule has 2 amide bonds. The first-order chi connectivity index (χ1) is 11.5. The number of halogens is 2. The number of aromatic nitrogens is 1. The van der Waals surface area contributed by atoms with E-state index < -0.39 is 12.0 Å². The average Bonchev–Trinajstić information content (AvgIpc) is 2.97. The Morgan fingerprint density at radius 1 is 1.21 bits per heavy atom. The number of urea groups is 1. The number of rotatable bonds is 2. The highest BCUT2D eigenvalue weighted by Gasteiger charge is 2.46. The number of nitrogens with zero attached hydrogens (tertiary/aromatic N) is 3. The van der Waals surface area contributed by atoms with Crippen molar-refractivity contribution in [1.29, 1.82) is 0 Å². The van der Waals surface area contributed by atoms with E-state index >= 15 is 0 Å². The Hall–Kier alpha value is -2.38. The maximum absolute atomic E-state index is 12.8. The standard InChI is InChI=1S/C16H18F2N4O2/c17-16(18)9-11(10-16)19-14(23)21-5-7-22(8-6-21)15-20-12-3-1-2-4-13(12)24-15/h1-4,11H,5-10H2,(H,19,23). The number of alkyl halides is 2. The molecule has 128 valence electrons. The van der Waals surface area contributed by atoms with Crippen LogP contribution in [0.3, 0.4) is 0 Å². The summed E-state index contributed by atoms with van der Waals surface area (Å²) in [5.74, 6) is -2.62. The monoisotopic (exact) mass is 336 g/mol. The van der Waals surface area contributed by atoms with Gasteiger partial charge in [0, 0.05) is 45.1 Å². The Balaban J connectivity index is 1.32. The molecule has 4 rings (SSSR count). The summed E-state index contributed by atoms with van der Waals surface area (Å²) in [5, 5.41) is 2.67. The van der Waals surface area contributed by atoms with Crippen LogP contribution < -0.4 is 10.2 Å². The second-order valence-corrected chi connectivity index (χ2v) is 6.35. The first kappa shape index (κ1) is 15.2. The minimum atomic E-state index is -2.62. The van der Waals surface area contributed by atoms with Gasteiger partial charge in [-0.05, 0) is 12.1 Å². The number of carbonyl (C=O) groups excluding carboxylic acids is 1. The molecule has 0 bridgehead atoms. The maximum Gasteiger partial charge on any atom is 0.317 e. The van der Waals surface area contributed by atoms with Gasteiger partial charge in [0.25, 0.3) is 11.9 Å². The number of carbonyl (C=O) groups is 1. The number of fused-ring (bicyclic) bond motifs is 1. The highest BCUT2D eigenvalue weighted by molar-refractivity contribution is 5.76. The molecule has 0 radical (unpaired) electrons. The molecule has 2 fully saturated rings. The lowest BCUT2D eigenvalue weighted by atomic mass is 9.88. The van der Waals surface area contributed by atoms with Crippen molar-refractivity contribution in [2.24, 2.45) is 0 Å². The molecule has 1 aromatic heterocycles. The van der Waals surface area contributed by atoms with Crippen molar-refractivity contribution in [3.63, 3.8) is 0 Å². The minimum absolute atomic E-state index is 0.262. The topological polar surface area (TPSA) is 61.6 Å². The predicted octanol–water partition coefficient (Wildman–Crippen LogP) is 2.46. The molecule has 1 saturated heterocycles. The van der Waals surface area contributed by atoms with Gasteiger partial charge in [0.1, 0.15) is 5.52 Å². The summed E-state index contributed by atoms with van der Waals surface area (Å²) in [4.78, 5) is 20.2. The number of anilines is 1. The van der Waals surface area contributed by atoms with Gasteiger partial charge in [0.05, 0.1) is 0 Å². The van der Waals surface area contributed by atoms with Crippen LogP contribution in [0, 0.1) is 0 Å². The van der Waals surface area contributed by atoms with E-state index in [0.29, 0.717) is 32.2 Å². The van der Waals surface area contributed by atoms with Crippen LogP contribution in [0.2, 0.25) is 0 Å². The third-order valence-corrected chi connectivity index (χ3v) is 4.54. The van der Waals surface area contributed by atoms with Gasteiger partial charge in [0.15, 0.2) is 5.58 Å². The van der Waals surface area contributed by atoms with E-state index in [9.17, 15) is 13.6 Å². The van der Waals surface area contributed by atoms with Gasteiger partial charge >= 0.3 is 6.03 Å². The molecule has 0 spiro atoms. The predicted molar refractivity (Wildman–Crippen MR) is 84.3 cm³/mol. The largest absolute Gasteiger partial charge is 0.423 e. The zero-order chi connectivity index (χ0) is 16.7. The van der Waals surface area contributed by atoms with Gasteiger partial charge in [-0.25, -0.2) is 13.6 Å². The zero-order valence-corrected chi connectivity index (χ0v) is 13.0. The molecule has 0 unspecified atom stereocenters. The second kappa shape index (κ2) is 5.61. The molecule has 2 aromatic rings. The molecule has 6 nitrogen and oxygen atoms in total. The zero-order valence-electron chi connectivity index (χ0n) is 13.0. The number of benzene rings is 1. The van der Waals surface area contributed by atoms with Crippen molar-refractivity contribution in [2.45, 2.75) is 24.8 Å². The van der Waals surface area contributed by atoms with E-state index in [1.807, 2.05) is 29.2 Å². The summed E-state index contributed by atoms with van der Waals surface area (Å²) in [6, 6.07) is 7.42. The van der Waals surface area contributed by atoms with Crippen molar-refractivity contribution in [3.8, 4) is 0 Å². The van der Waals surface area contributed by atoms with E-state index in [1.54, 1.807) is 4.90 Å². The Morgan fingerprint density at radius 3 is 2.58 bits per heavy atom. The molecule has 2 heterocycles. The van der Waals surface area contributed by atoms with Crippen molar-refractivity contribution in [2.75, 3.05) is 31.1 Å². The molecule has 24 heavy (non-hydrogen) atoms. The summed E-state index contributed by atoms with van der Waals surface area (Å²) in [6.45, 7) is 2.21. The Kier molecular flexibility index (Phi) is 3.54. The molecular weight excluding hydrogens is 318 g/mol. The van der Waals surface area contributed by atoms with E-state index in [1.165, 1.54) is 0 Å². The van der Waals surface area contributed by atoms with Crippen LogP contribution in [0.15, 0.2) is 28.7 Å². The molecular formula is C16H18F2N4O2. The number of para-hydroxylation sites is 2. The fourth-order valence-corrected chi connectivity index (χ4v) is 3.13. The number of hydrogen-bond donors (Lipinski definition) is 1. The highest BCUT2D eigenvalue weighted by Crippen LogP contribution is 2.37. The van der Waals surface area contributed by atoms with Crippen LogP contribution in [0.4, 0.5) is 19.6 Å². The smallest absolute Gasteiger partial charge is 0.317 e. The van der Waals surface area contributed by atoms with Crippen LogP contribution in [-0.4, -0.2) is 54.1 Å². The molecule has 8 heteroatoms. The lowest BCUT2D eigenvalue weighted by Gasteiger charge is -2.38. The molecule has 1 aliphatic carbocycles. The van der Waals surface area contributed by atoms with Gasteiger partial charge in [-0.2, -0.15) is 4.98 Å². The SMILES string of the molecule is O=C(NC1CC(F)(F)C1)N1CCN(c2nc3ccccc3o2)CC1. The highest BCUT2D eigenvalue weighted by atomic mass is 19.3. The fourth-order valence-electron chi connectivity index (χ4n) is 3.13. The van der Waals surface area contributed by atoms with E-state index in [0.717, 1.165) is 11.1 Å². The third kappa shape index (κ3) is 2.88. The molecule has 1 aromatic carbocycles. The van der Waals surface area contributed by atoms with Crippen molar-refractivity contribution in [3.05, 3.63) is 24.3 Å². The fraction of sp³-hybridized carbons (Fsp3) is 0.500.